The molecule has 24 heavy (non-hydrogen) atoms. The summed E-state index contributed by atoms with van der Waals surface area (Å²) in [6.45, 7) is 4.55. The summed E-state index contributed by atoms with van der Waals surface area (Å²) in [5.41, 5.74) is 2.33. The molecule has 0 spiro atoms. The van der Waals surface area contributed by atoms with E-state index in [2.05, 4.69) is 23.3 Å². The molecule has 2 amide bonds. The molecule has 1 aromatic carbocycles. The van der Waals surface area contributed by atoms with Crippen molar-refractivity contribution in [1.82, 2.24) is 5.32 Å². The van der Waals surface area contributed by atoms with Crippen LogP contribution in [0.1, 0.15) is 22.4 Å². The second kappa shape index (κ2) is 7.09. The third-order valence-corrected chi connectivity index (χ3v) is 5.14. The number of nitrogens with one attached hydrogen (secondary N) is 1. The van der Waals surface area contributed by atoms with E-state index in [0.29, 0.717) is 19.4 Å². The summed E-state index contributed by atoms with van der Waals surface area (Å²) in [4.78, 5) is 29.3. The van der Waals surface area contributed by atoms with Crippen molar-refractivity contribution in [1.29, 1.82) is 0 Å². The SMILES string of the molecule is Cc1cc2c(cc1C)=NC(=O)C(CCNC(=O)Cc1cccs1)C=2. The van der Waals surface area contributed by atoms with Gasteiger partial charge in [0, 0.05) is 11.4 Å². The molecule has 0 bridgehead atoms. The van der Waals surface area contributed by atoms with E-state index >= 15 is 0 Å². The van der Waals surface area contributed by atoms with Gasteiger partial charge in [0.05, 0.1) is 17.7 Å². The van der Waals surface area contributed by atoms with E-state index in [-0.39, 0.29) is 17.7 Å². The van der Waals surface area contributed by atoms with Gasteiger partial charge in [-0.2, -0.15) is 0 Å². The smallest absolute Gasteiger partial charge is 0.253 e. The summed E-state index contributed by atoms with van der Waals surface area (Å²) in [6.07, 6.45) is 2.94. The van der Waals surface area contributed by atoms with Crippen LogP contribution in [-0.2, 0) is 16.0 Å². The Morgan fingerprint density at radius 3 is 2.83 bits per heavy atom. The maximum Gasteiger partial charge on any atom is 0.253 e. The van der Waals surface area contributed by atoms with Gasteiger partial charge in [0.2, 0.25) is 5.91 Å². The van der Waals surface area contributed by atoms with Gasteiger partial charge in [-0.25, -0.2) is 4.99 Å². The third-order valence-electron chi connectivity index (χ3n) is 4.26. The van der Waals surface area contributed by atoms with Crippen LogP contribution < -0.4 is 15.9 Å². The number of hydrogen-bond acceptors (Lipinski definition) is 3. The van der Waals surface area contributed by atoms with Crippen LogP contribution >= 0.6 is 11.3 Å². The van der Waals surface area contributed by atoms with Crippen molar-refractivity contribution in [2.45, 2.75) is 26.7 Å². The minimum Gasteiger partial charge on any atom is -0.356 e. The molecule has 4 nitrogen and oxygen atoms in total. The first-order valence-electron chi connectivity index (χ1n) is 8.03. The maximum atomic E-state index is 12.2. The standard InChI is InChI=1S/C19H20N2O2S/c1-12-8-15-10-14(19(23)21-17(15)9-13(12)2)5-6-20-18(22)11-16-4-3-7-24-16/h3-4,7-10,14H,5-6,11H2,1-2H3,(H,20,22). The summed E-state index contributed by atoms with van der Waals surface area (Å²) in [5, 5.41) is 6.60. The number of carbonyl (C=O) groups is 2. The van der Waals surface area contributed by atoms with E-state index in [1.54, 1.807) is 11.3 Å². The average Bonchev–Trinajstić information content (AvgIpc) is 3.03. The summed E-state index contributed by atoms with van der Waals surface area (Å²) >= 11 is 1.57. The topological polar surface area (TPSA) is 58.5 Å². The number of nitrogens with zero attached hydrogens (tertiary/aromatic N) is 1. The second-order valence-electron chi connectivity index (χ2n) is 6.11. The Kier molecular flexibility index (Phi) is 4.90. The van der Waals surface area contributed by atoms with Crippen molar-refractivity contribution in [3.8, 4) is 0 Å². The lowest BCUT2D eigenvalue weighted by Gasteiger charge is -2.13. The van der Waals surface area contributed by atoms with Crippen LogP contribution in [0.15, 0.2) is 34.6 Å². The molecule has 1 aliphatic rings. The zero-order chi connectivity index (χ0) is 17.1. The summed E-state index contributed by atoms with van der Waals surface area (Å²) < 4.78 is 0. The van der Waals surface area contributed by atoms with Crippen molar-refractivity contribution in [3.05, 3.63) is 56.2 Å². The molecule has 1 aromatic heterocycles. The molecule has 0 radical (unpaired) electrons. The van der Waals surface area contributed by atoms with Gasteiger partial charge in [-0.1, -0.05) is 12.1 Å². The minimum atomic E-state index is -0.262. The highest BCUT2D eigenvalue weighted by molar-refractivity contribution is 7.10. The quantitative estimate of drug-likeness (QED) is 0.900. The van der Waals surface area contributed by atoms with Gasteiger partial charge in [0.25, 0.3) is 5.91 Å². The van der Waals surface area contributed by atoms with Crippen molar-refractivity contribution < 1.29 is 9.59 Å². The van der Waals surface area contributed by atoms with Gasteiger partial charge in [-0.05, 0) is 60.2 Å². The number of aryl methyl sites for hydroxylation is 2. The molecule has 124 valence electrons. The lowest BCUT2D eigenvalue weighted by atomic mass is 9.98. The first kappa shape index (κ1) is 16.6. The van der Waals surface area contributed by atoms with E-state index in [1.807, 2.05) is 36.6 Å². The fourth-order valence-electron chi connectivity index (χ4n) is 2.75. The fraction of sp³-hybridized carbons (Fsp3) is 0.316. The van der Waals surface area contributed by atoms with E-state index in [4.69, 9.17) is 0 Å². The third kappa shape index (κ3) is 3.79. The van der Waals surface area contributed by atoms with Gasteiger partial charge in [-0.15, -0.1) is 11.3 Å². The number of fused-ring (bicyclic) bond motifs is 1. The van der Waals surface area contributed by atoms with Crippen LogP contribution in [0.2, 0.25) is 0 Å². The second-order valence-corrected chi connectivity index (χ2v) is 7.15. The zero-order valence-electron chi connectivity index (χ0n) is 13.8. The highest BCUT2D eigenvalue weighted by Gasteiger charge is 2.18. The number of carbonyl (C=O) groups excluding carboxylic acids is 2. The molecule has 0 saturated heterocycles. The van der Waals surface area contributed by atoms with Crippen molar-refractivity contribution in [2.75, 3.05) is 6.54 Å². The number of amides is 2. The molecule has 0 aliphatic carbocycles. The molecule has 2 heterocycles. The molecule has 0 fully saturated rings. The normalized spacial score (nSPS) is 16.1. The van der Waals surface area contributed by atoms with Crippen LogP contribution in [0, 0.1) is 19.8 Å². The molecule has 1 atom stereocenters. The van der Waals surface area contributed by atoms with Crippen molar-refractivity contribution in [2.24, 2.45) is 10.9 Å². The Bertz CT molecular complexity index is 885. The van der Waals surface area contributed by atoms with Crippen LogP contribution in [0.5, 0.6) is 0 Å². The van der Waals surface area contributed by atoms with Gasteiger partial charge in [0.15, 0.2) is 0 Å². The molecule has 1 unspecified atom stereocenters. The molecule has 5 heteroatoms. The lowest BCUT2D eigenvalue weighted by Crippen LogP contribution is -2.36. The Labute approximate surface area is 144 Å². The van der Waals surface area contributed by atoms with Crippen LogP contribution in [0.4, 0.5) is 0 Å². The van der Waals surface area contributed by atoms with Gasteiger partial charge in [0.1, 0.15) is 0 Å². The Morgan fingerprint density at radius 2 is 2.08 bits per heavy atom. The number of hydrogen-bond donors (Lipinski definition) is 1. The van der Waals surface area contributed by atoms with E-state index < -0.39 is 0 Å². The molecular formula is C19H20N2O2S. The first-order valence-corrected chi connectivity index (χ1v) is 8.91. The van der Waals surface area contributed by atoms with E-state index in [0.717, 1.165) is 21.0 Å². The Balaban J connectivity index is 1.61. The van der Waals surface area contributed by atoms with E-state index in [1.165, 1.54) is 5.56 Å². The number of benzene rings is 1. The molecule has 1 N–H and O–H groups in total. The van der Waals surface area contributed by atoms with Crippen LogP contribution in [0.3, 0.4) is 0 Å². The van der Waals surface area contributed by atoms with Gasteiger partial charge in [-0.3, -0.25) is 9.59 Å². The monoisotopic (exact) mass is 340 g/mol. The highest BCUT2D eigenvalue weighted by atomic mass is 32.1. The number of rotatable bonds is 5. The molecule has 2 aromatic rings. The van der Waals surface area contributed by atoms with Crippen molar-refractivity contribution >= 4 is 29.2 Å². The highest BCUT2D eigenvalue weighted by Crippen LogP contribution is 2.11. The predicted molar refractivity (Wildman–Crippen MR) is 95.3 cm³/mol. The Hall–Kier alpha value is -2.27. The first-order chi connectivity index (χ1) is 11.5. The maximum absolute atomic E-state index is 12.2. The molecule has 3 rings (SSSR count). The lowest BCUT2D eigenvalue weighted by molar-refractivity contribution is -0.122. The summed E-state index contributed by atoms with van der Waals surface area (Å²) in [6, 6.07) is 7.91. The van der Waals surface area contributed by atoms with Crippen LogP contribution in [0.25, 0.3) is 6.08 Å². The van der Waals surface area contributed by atoms with Gasteiger partial charge >= 0.3 is 0 Å². The fourth-order valence-corrected chi connectivity index (χ4v) is 3.45. The predicted octanol–water partition coefficient (Wildman–Crippen LogP) is 1.67. The van der Waals surface area contributed by atoms with Crippen molar-refractivity contribution in [3.63, 3.8) is 0 Å². The minimum absolute atomic E-state index is 0.00971. The molecular weight excluding hydrogens is 320 g/mol. The van der Waals surface area contributed by atoms with Crippen LogP contribution in [-0.4, -0.2) is 18.4 Å². The molecule has 1 aliphatic heterocycles. The summed E-state index contributed by atoms with van der Waals surface area (Å²) in [7, 11) is 0. The molecule has 0 saturated carbocycles. The van der Waals surface area contributed by atoms with E-state index in [9.17, 15) is 9.59 Å². The zero-order valence-corrected chi connectivity index (χ0v) is 14.7. The number of thiophene rings is 1. The average molecular weight is 340 g/mol. The Morgan fingerprint density at radius 1 is 1.29 bits per heavy atom. The van der Waals surface area contributed by atoms with Gasteiger partial charge < -0.3 is 5.32 Å². The summed E-state index contributed by atoms with van der Waals surface area (Å²) in [5.74, 6) is -0.399. The largest absolute Gasteiger partial charge is 0.356 e.